The molecule has 2 fully saturated rings. The zero-order valence-corrected chi connectivity index (χ0v) is 88.0. The molecule has 0 spiro atoms. The molecule has 0 radical (unpaired) electrons. The molecule has 0 bridgehead atoms. The van der Waals surface area contributed by atoms with E-state index >= 15 is 0 Å². The third-order valence-electron chi connectivity index (χ3n) is 11.3. The second kappa shape index (κ2) is 98.0. The summed E-state index contributed by atoms with van der Waals surface area (Å²) in [6, 6.07) is 9.64. The number of ether oxygens (including phenoxy) is 8. The fraction of sp³-hybridized carbons (Fsp3) is 0.914. The van der Waals surface area contributed by atoms with E-state index in [1.54, 1.807) is 75.6 Å². The van der Waals surface area contributed by atoms with Gasteiger partial charge in [-0.3, -0.25) is 53.1 Å². The smallest absolute Gasteiger partial charge is 0.327 e. The number of benzene rings is 1. The van der Waals surface area contributed by atoms with E-state index in [2.05, 4.69) is 21.6 Å². The Balaban J connectivity index is -0.000000125. The molecule has 6 unspecified atom stereocenters. The van der Waals surface area contributed by atoms with Gasteiger partial charge in [-0.15, -0.1) is 0 Å². The first-order valence-corrected chi connectivity index (χ1v) is 63.5. The highest BCUT2D eigenvalue weighted by Crippen LogP contribution is 2.48. The Kier molecular flexibility index (Phi) is 116. The van der Waals surface area contributed by atoms with Gasteiger partial charge in [0, 0.05) is 155 Å². The SMILES string of the molecule is C.CCCO.CCCOC.CCNP(C)(C)=O.CCOP(C)(=O)OCCO.CCOP(C)(=O)OCCOCCO.COCCNP(C)(C)=O.COCCOCCOP(C)(=O)OC.COCCOCCOP(C)(=O)OCCO.CP(=O)(OCCO)OCCOCCO.CP(C)(N)=O.CP(N)(=O)Cc1ccccc1.CP1(=O)OCCCCO1.CP1(=O)OCCCO1. The molecule has 0 aromatic heterocycles. The number of nitrogens with one attached hydrogen (secondary N) is 2. The summed E-state index contributed by atoms with van der Waals surface area (Å²) in [7, 11) is -20.5. The minimum atomic E-state index is -3.06. The zero-order chi connectivity index (χ0) is 97.2. The predicted octanol–water partition coefficient (Wildman–Crippen LogP) is 12.6. The van der Waals surface area contributed by atoms with Crippen molar-refractivity contribution in [1.82, 2.24) is 10.2 Å². The molecule has 1 aromatic carbocycles. The second-order valence-corrected chi connectivity index (χ2v) is 51.9. The summed E-state index contributed by atoms with van der Waals surface area (Å²) in [4.78, 5) is 0. The number of rotatable bonds is 51. The highest BCUT2D eigenvalue weighted by atomic mass is 31.2. The zero-order valence-electron chi connectivity index (χ0n) is 78.2. The van der Waals surface area contributed by atoms with Gasteiger partial charge in [0.1, 0.15) is 29.2 Å². The van der Waals surface area contributed by atoms with E-state index in [-0.39, 0.29) is 107 Å². The Labute approximate surface area is 745 Å². The van der Waals surface area contributed by atoms with Crippen molar-refractivity contribution in [3.8, 4) is 0 Å². The number of aliphatic hydroxyl groups excluding tert-OH is 6. The van der Waals surface area contributed by atoms with Crippen molar-refractivity contribution >= 4 is 82.3 Å². The van der Waals surface area contributed by atoms with Crippen LogP contribution in [0.15, 0.2) is 30.3 Å². The van der Waals surface area contributed by atoms with E-state index in [0.29, 0.717) is 112 Å². The molecule has 0 saturated carbocycles. The van der Waals surface area contributed by atoms with Crippen molar-refractivity contribution in [2.24, 2.45) is 11.0 Å². The standard InChI is InChI=1S/C8H12NOP.C8H19O6P.C7H17O6P.2C7H17O5P.C5H14NO2P.C5H13O4P.C5H11O3P.C4H12NOP.C4H9O3P.C4H10O.C3H8O.C2H8NOP.CH4/c1-11(9,10)7-8-5-3-2-4-6-8;1-11-5-6-12-7-8-14-15(2,10)13-4-3-9;1-14(10,12-5-3-9)13-7-6-11-4-2-8;1-9-4-5-11-6-7-12-13(3,8)10-2;1-3-11-13(2,9)12-7-6-10-5-4-8;1-8-5-4-6-9(2,3)7;1-3-8-10(2,7)9-5-4-6;1-9(6)7-4-2-3-5-8-9;1-4-5-7(2,3)6;1-8(5)6-3-2-4-7-8;1-3-4-5-2;1-2-3-4;1-5(2,3)4;/h2-6H,7H2,1H3,(H2,9,10);9H,3-8H2,1-2H3;8-9H,2-7H2,1H3;4-7H2,1-3H3;8H,3-7H2,1-2H3;4-5H2,1-3H3,(H,6,7);6H,3-5H2,1-2H3;2-5H2,1H3;4H2,1-3H3,(H,5,6);2-4H2,1H3;3-4H2,1-2H3;4H,2-3H2,1H3;1-2H3,(H2,3,4);1H4. The third kappa shape index (κ3) is 156. The molecule has 0 aliphatic carbocycles. The van der Waals surface area contributed by atoms with Gasteiger partial charge in [-0.25, -0.2) is 0 Å². The van der Waals surface area contributed by atoms with Crippen LogP contribution in [0.3, 0.4) is 0 Å². The average Bonchev–Trinajstić information content (AvgIpc) is 1.87. The first kappa shape index (κ1) is 147. The van der Waals surface area contributed by atoms with E-state index in [4.69, 9.17) is 138 Å². The first-order chi connectivity index (χ1) is 57.0. The maximum absolute atomic E-state index is 11.4. The lowest BCUT2D eigenvalue weighted by atomic mass is 10.2. The van der Waals surface area contributed by atoms with Crippen LogP contribution in [0, 0.1) is 0 Å². The van der Waals surface area contributed by atoms with Crippen LogP contribution in [-0.2, 0) is 158 Å². The quantitative estimate of drug-likeness (QED) is 0.0214. The van der Waals surface area contributed by atoms with E-state index in [1.807, 2.05) is 44.2 Å². The lowest BCUT2D eigenvalue weighted by Gasteiger charge is -2.18. The Bertz CT molecular complexity index is 2940. The summed E-state index contributed by atoms with van der Waals surface area (Å²) in [5, 5.41) is 55.5. The van der Waals surface area contributed by atoms with E-state index in [0.717, 1.165) is 50.8 Å². The van der Waals surface area contributed by atoms with Gasteiger partial charge in [0.15, 0.2) is 0 Å². The van der Waals surface area contributed by atoms with Crippen LogP contribution in [0.25, 0.3) is 0 Å². The lowest BCUT2D eigenvalue weighted by molar-refractivity contribution is 0.0502. The van der Waals surface area contributed by atoms with Crippen molar-refractivity contribution < 1.29 is 182 Å². The minimum Gasteiger partial charge on any atom is -0.396 e. The molecule has 12 N–H and O–H groups in total. The maximum Gasteiger partial charge on any atom is 0.327 e. The van der Waals surface area contributed by atoms with Crippen LogP contribution in [-0.4, -0.2) is 377 Å². The van der Waals surface area contributed by atoms with Crippen molar-refractivity contribution in [2.75, 3.05) is 347 Å². The van der Waals surface area contributed by atoms with E-state index < -0.39 is 82.3 Å². The van der Waals surface area contributed by atoms with Gasteiger partial charge in [0.05, 0.1) is 192 Å². The van der Waals surface area contributed by atoms with E-state index in [1.165, 1.54) is 67.1 Å². The summed E-state index contributed by atoms with van der Waals surface area (Å²) < 4.78 is 227. The Morgan fingerprint density at radius 3 is 0.863 bits per heavy atom. The summed E-state index contributed by atoms with van der Waals surface area (Å²) >= 11 is 0. The molecule has 2 heterocycles. The topological polar surface area (TPSA) is 588 Å². The molecular weight excluding hydrogens is 1860 g/mol. The summed E-state index contributed by atoms with van der Waals surface area (Å²) in [6.45, 7) is 41.3. The van der Waals surface area contributed by atoms with E-state index in [9.17, 15) is 50.2 Å². The highest BCUT2D eigenvalue weighted by molar-refractivity contribution is 7.61. The van der Waals surface area contributed by atoms with Crippen LogP contribution in [0.1, 0.15) is 79.7 Å². The lowest BCUT2D eigenvalue weighted by Crippen LogP contribution is -2.14. The number of hydrogen-bond acceptors (Lipinski definition) is 39. The van der Waals surface area contributed by atoms with Crippen molar-refractivity contribution in [2.45, 2.75) is 80.3 Å². The molecule has 124 heavy (non-hydrogen) atoms. The van der Waals surface area contributed by atoms with Gasteiger partial charge < -0.3 is 150 Å². The fourth-order valence-electron chi connectivity index (χ4n) is 6.37. The fourth-order valence-corrected chi connectivity index (χ4v) is 14.9. The molecule has 2 saturated heterocycles. The van der Waals surface area contributed by atoms with Crippen molar-refractivity contribution in [3.05, 3.63) is 35.9 Å². The van der Waals surface area contributed by atoms with Crippen molar-refractivity contribution in [1.29, 1.82) is 0 Å². The normalized spacial score (nSPS) is 15.9. The van der Waals surface area contributed by atoms with Crippen LogP contribution in [0.5, 0.6) is 0 Å². The maximum atomic E-state index is 11.4. The highest BCUT2D eigenvalue weighted by Gasteiger charge is 2.22. The molecular formula is C70H171N4O39P11. The molecule has 43 nitrogen and oxygen atoms in total. The molecule has 3 rings (SSSR count). The monoisotopic (exact) mass is 2030 g/mol. The Morgan fingerprint density at radius 2 is 0.637 bits per heavy atom. The Hall–Kier alpha value is 0.470. The van der Waals surface area contributed by atoms with Crippen LogP contribution in [0.4, 0.5) is 0 Å². The molecule has 760 valence electrons. The number of nitrogens with two attached hydrogens (primary N) is 2. The van der Waals surface area contributed by atoms with Gasteiger partial charge in [0.25, 0.3) is 0 Å². The third-order valence-corrected chi connectivity index (χ3v) is 23.6. The summed E-state index contributed by atoms with van der Waals surface area (Å²) in [5.41, 5.74) is 11.4. The molecule has 6 atom stereocenters. The van der Waals surface area contributed by atoms with Gasteiger partial charge in [0.2, 0.25) is 0 Å². The van der Waals surface area contributed by atoms with Gasteiger partial charge in [-0.1, -0.05) is 58.5 Å². The molecule has 0 amide bonds. The number of hydrogen-bond donors (Lipinski definition) is 10. The van der Waals surface area contributed by atoms with Gasteiger partial charge in [-0.05, 0) is 58.1 Å². The molecule has 2 aliphatic rings. The predicted molar refractivity (Wildman–Crippen MR) is 497 cm³/mol. The second-order valence-electron chi connectivity index (χ2n) is 25.8. The van der Waals surface area contributed by atoms with Gasteiger partial charge in [-0.2, -0.15) is 0 Å². The van der Waals surface area contributed by atoms with Crippen molar-refractivity contribution in [3.63, 3.8) is 0 Å². The first-order valence-electron chi connectivity index (χ1n) is 39.3. The van der Waals surface area contributed by atoms with Crippen LogP contribution in [0.2, 0.25) is 0 Å². The number of methoxy groups -OCH3 is 4. The Morgan fingerprint density at radius 1 is 0.363 bits per heavy atom. The molecule has 2 aliphatic heterocycles. The summed E-state index contributed by atoms with van der Waals surface area (Å²) in [5.74, 6) is 0. The number of aliphatic hydroxyl groups is 6. The molecule has 1 aromatic rings. The van der Waals surface area contributed by atoms with Crippen LogP contribution >= 0.6 is 82.3 Å². The average molecular weight is 2030 g/mol. The van der Waals surface area contributed by atoms with Crippen LogP contribution < -0.4 is 21.2 Å². The minimum absolute atomic E-state index is 0. The largest absolute Gasteiger partial charge is 0.396 e. The van der Waals surface area contributed by atoms with Gasteiger partial charge >= 0.3 is 53.2 Å². The molecule has 54 heteroatoms. The summed E-state index contributed by atoms with van der Waals surface area (Å²) in [6.07, 6.45) is 5.26.